The average Bonchev–Trinajstić information content (AvgIpc) is 2.09. The van der Waals surface area contributed by atoms with Crippen molar-refractivity contribution in [3.05, 3.63) is 0 Å². The van der Waals surface area contributed by atoms with Crippen molar-refractivity contribution in [2.24, 2.45) is 5.41 Å². The first kappa shape index (κ1) is 14.4. The molecule has 0 saturated carbocycles. The zero-order valence-electron chi connectivity index (χ0n) is 9.75. The van der Waals surface area contributed by atoms with E-state index >= 15 is 0 Å². The zero-order chi connectivity index (χ0) is 12.6. The summed E-state index contributed by atoms with van der Waals surface area (Å²) >= 11 is 0. The molecule has 0 rings (SSSR count). The zero-order valence-corrected chi connectivity index (χ0v) is 9.75. The van der Waals surface area contributed by atoms with Crippen molar-refractivity contribution in [2.45, 2.75) is 39.5 Å². The summed E-state index contributed by atoms with van der Waals surface area (Å²) in [5.41, 5.74) is -0.537. The van der Waals surface area contributed by atoms with Crippen LogP contribution in [0, 0.1) is 16.7 Å². The molecule has 0 aromatic carbocycles. The predicted octanol–water partition coefficient (Wildman–Crippen LogP) is 1.30. The van der Waals surface area contributed by atoms with Crippen LogP contribution in [-0.2, 0) is 9.59 Å². The molecule has 5 nitrogen and oxygen atoms in total. The van der Waals surface area contributed by atoms with Crippen molar-refractivity contribution in [2.75, 3.05) is 6.54 Å². The SMILES string of the molecule is CC(C)(CC(=O)O)CC(=O)NCCCC#N. The molecule has 0 spiro atoms. The predicted molar refractivity (Wildman–Crippen MR) is 58.5 cm³/mol. The molecule has 1 amide bonds. The number of nitrogens with one attached hydrogen (secondary N) is 1. The number of carboxylic acid groups (broad SMARTS) is 1. The van der Waals surface area contributed by atoms with Crippen LogP contribution in [0.2, 0.25) is 0 Å². The maximum Gasteiger partial charge on any atom is 0.303 e. The highest BCUT2D eigenvalue weighted by Gasteiger charge is 2.24. The van der Waals surface area contributed by atoms with Crippen LogP contribution in [0.25, 0.3) is 0 Å². The second-order valence-electron chi connectivity index (χ2n) is 4.52. The van der Waals surface area contributed by atoms with Crippen LogP contribution in [0.15, 0.2) is 0 Å². The third-order valence-electron chi connectivity index (χ3n) is 2.06. The van der Waals surface area contributed by atoms with Crippen molar-refractivity contribution in [3.8, 4) is 6.07 Å². The van der Waals surface area contributed by atoms with Gasteiger partial charge in [-0.1, -0.05) is 13.8 Å². The van der Waals surface area contributed by atoms with E-state index in [1.807, 2.05) is 6.07 Å². The summed E-state index contributed by atoms with van der Waals surface area (Å²) in [4.78, 5) is 21.9. The van der Waals surface area contributed by atoms with Gasteiger partial charge in [0.2, 0.25) is 5.91 Å². The van der Waals surface area contributed by atoms with Crippen LogP contribution in [0.1, 0.15) is 39.5 Å². The van der Waals surface area contributed by atoms with Gasteiger partial charge in [-0.25, -0.2) is 0 Å². The van der Waals surface area contributed by atoms with Gasteiger partial charge in [-0.3, -0.25) is 9.59 Å². The molecule has 0 heterocycles. The molecule has 0 aromatic heterocycles. The Hall–Kier alpha value is -1.57. The Labute approximate surface area is 95.4 Å². The maximum atomic E-state index is 11.4. The number of carboxylic acids is 1. The Bertz CT molecular complexity index is 292. The van der Waals surface area contributed by atoms with E-state index in [1.54, 1.807) is 13.8 Å². The Kier molecular flexibility index (Phi) is 6.16. The van der Waals surface area contributed by atoms with Crippen LogP contribution in [0.3, 0.4) is 0 Å². The Morgan fingerprint density at radius 1 is 1.38 bits per heavy atom. The average molecular weight is 226 g/mol. The second kappa shape index (κ2) is 6.83. The van der Waals surface area contributed by atoms with E-state index in [2.05, 4.69) is 5.32 Å². The number of hydrogen-bond acceptors (Lipinski definition) is 3. The fraction of sp³-hybridized carbons (Fsp3) is 0.727. The Balaban J connectivity index is 3.86. The van der Waals surface area contributed by atoms with Crippen molar-refractivity contribution < 1.29 is 14.7 Å². The first-order valence-corrected chi connectivity index (χ1v) is 5.23. The highest BCUT2D eigenvalue weighted by molar-refractivity contribution is 5.77. The van der Waals surface area contributed by atoms with Crippen LogP contribution in [0.4, 0.5) is 0 Å². The van der Waals surface area contributed by atoms with Crippen LogP contribution in [-0.4, -0.2) is 23.5 Å². The van der Waals surface area contributed by atoms with Gasteiger partial charge in [0.1, 0.15) is 0 Å². The molecular weight excluding hydrogens is 208 g/mol. The fourth-order valence-corrected chi connectivity index (χ4v) is 1.36. The Morgan fingerprint density at radius 2 is 2.00 bits per heavy atom. The van der Waals surface area contributed by atoms with Gasteiger partial charge in [-0.2, -0.15) is 5.26 Å². The van der Waals surface area contributed by atoms with Gasteiger partial charge in [-0.05, 0) is 11.8 Å². The number of carbonyl (C=O) groups is 2. The van der Waals surface area contributed by atoms with E-state index < -0.39 is 11.4 Å². The minimum absolute atomic E-state index is 0.0292. The summed E-state index contributed by atoms with van der Waals surface area (Å²) in [6.07, 6.45) is 1.20. The molecule has 0 radical (unpaired) electrons. The molecule has 0 bridgehead atoms. The normalized spacial score (nSPS) is 10.6. The first-order chi connectivity index (χ1) is 7.37. The highest BCUT2D eigenvalue weighted by Crippen LogP contribution is 2.24. The highest BCUT2D eigenvalue weighted by atomic mass is 16.4. The summed E-state index contributed by atoms with van der Waals surface area (Å²) in [6, 6.07) is 1.99. The molecule has 0 aliphatic heterocycles. The number of amides is 1. The van der Waals surface area contributed by atoms with Gasteiger partial charge in [0.15, 0.2) is 0 Å². The minimum atomic E-state index is -0.901. The van der Waals surface area contributed by atoms with Crippen LogP contribution in [0.5, 0.6) is 0 Å². The molecule has 0 aromatic rings. The lowest BCUT2D eigenvalue weighted by Gasteiger charge is -2.21. The van der Waals surface area contributed by atoms with E-state index in [0.29, 0.717) is 19.4 Å². The Morgan fingerprint density at radius 3 is 2.50 bits per heavy atom. The lowest BCUT2D eigenvalue weighted by atomic mass is 9.85. The molecule has 0 atom stereocenters. The summed E-state index contributed by atoms with van der Waals surface area (Å²) in [6.45, 7) is 3.96. The lowest BCUT2D eigenvalue weighted by molar-refractivity contribution is -0.139. The van der Waals surface area contributed by atoms with Gasteiger partial charge >= 0.3 is 5.97 Å². The second-order valence-corrected chi connectivity index (χ2v) is 4.52. The smallest absolute Gasteiger partial charge is 0.303 e. The van der Waals surface area contributed by atoms with Gasteiger partial charge in [0.25, 0.3) is 0 Å². The van der Waals surface area contributed by atoms with Crippen molar-refractivity contribution in [1.29, 1.82) is 5.26 Å². The molecule has 0 aliphatic rings. The summed E-state index contributed by atoms with van der Waals surface area (Å²) in [5.74, 6) is -1.06. The van der Waals surface area contributed by atoms with E-state index in [9.17, 15) is 9.59 Å². The van der Waals surface area contributed by atoms with E-state index in [0.717, 1.165) is 0 Å². The standard InChI is InChI=1S/C11H18N2O3/c1-11(2,8-10(15)16)7-9(14)13-6-4-3-5-12/h3-4,6-8H2,1-2H3,(H,13,14)(H,15,16). The van der Waals surface area contributed by atoms with Crippen LogP contribution < -0.4 is 5.32 Å². The maximum absolute atomic E-state index is 11.4. The summed E-state index contributed by atoms with van der Waals surface area (Å²) in [7, 11) is 0. The summed E-state index contributed by atoms with van der Waals surface area (Å²) < 4.78 is 0. The van der Waals surface area contributed by atoms with Gasteiger partial charge < -0.3 is 10.4 Å². The third-order valence-corrected chi connectivity index (χ3v) is 2.06. The molecule has 0 saturated heterocycles. The van der Waals surface area contributed by atoms with Crippen molar-refractivity contribution in [3.63, 3.8) is 0 Å². The molecule has 90 valence electrons. The monoisotopic (exact) mass is 226 g/mol. The third kappa shape index (κ3) is 7.80. The number of carbonyl (C=O) groups excluding carboxylic acids is 1. The quantitative estimate of drug-likeness (QED) is 0.640. The van der Waals surface area contributed by atoms with Crippen LogP contribution >= 0.6 is 0 Å². The molecule has 0 fully saturated rings. The molecule has 2 N–H and O–H groups in total. The van der Waals surface area contributed by atoms with Gasteiger partial charge in [-0.15, -0.1) is 0 Å². The van der Waals surface area contributed by atoms with E-state index in [4.69, 9.17) is 10.4 Å². The molecule has 16 heavy (non-hydrogen) atoms. The number of unbranched alkanes of at least 4 members (excludes halogenated alkanes) is 1. The summed E-state index contributed by atoms with van der Waals surface area (Å²) in [5, 5.41) is 19.6. The molecular formula is C11H18N2O3. The topological polar surface area (TPSA) is 90.2 Å². The number of hydrogen-bond donors (Lipinski definition) is 2. The first-order valence-electron chi connectivity index (χ1n) is 5.23. The number of aliphatic carboxylic acids is 1. The van der Waals surface area contributed by atoms with Gasteiger partial charge in [0, 0.05) is 19.4 Å². The molecule has 0 aliphatic carbocycles. The van der Waals surface area contributed by atoms with E-state index in [-0.39, 0.29) is 18.7 Å². The number of rotatable bonds is 7. The largest absolute Gasteiger partial charge is 0.481 e. The number of nitrogens with zero attached hydrogens (tertiary/aromatic N) is 1. The fourth-order valence-electron chi connectivity index (χ4n) is 1.36. The van der Waals surface area contributed by atoms with Crippen molar-refractivity contribution in [1.82, 2.24) is 5.32 Å². The minimum Gasteiger partial charge on any atom is -0.481 e. The molecule has 0 unspecified atom stereocenters. The van der Waals surface area contributed by atoms with Crippen molar-refractivity contribution >= 4 is 11.9 Å². The number of nitriles is 1. The van der Waals surface area contributed by atoms with Gasteiger partial charge in [0.05, 0.1) is 12.5 Å². The van der Waals surface area contributed by atoms with E-state index in [1.165, 1.54) is 0 Å². The molecule has 5 heteroatoms. The lowest BCUT2D eigenvalue weighted by Crippen LogP contribution is -2.30.